The number of nitro groups is 2. The molecule has 7 heteroatoms. The van der Waals surface area contributed by atoms with Crippen molar-refractivity contribution in [2.45, 2.75) is 26.2 Å². The summed E-state index contributed by atoms with van der Waals surface area (Å²) in [5.41, 5.74) is -0.469. The molecule has 0 fully saturated rings. The van der Waals surface area contributed by atoms with Crippen LogP contribution in [0.1, 0.15) is 26.2 Å². The highest BCUT2D eigenvalue weighted by molar-refractivity contribution is 5.52. The molecule has 0 unspecified atom stereocenters. The molecule has 1 aromatic carbocycles. The Labute approximate surface area is 104 Å². The molecule has 0 radical (unpaired) electrons. The molecule has 0 saturated carbocycles. The van der Waals surface area contributed by atoms with Gasteiger partial charge in [0.15, 0.2) is 0 Å². The summed E-state index contributed by atoms with van der Waals surface area (Å²) in [6, 6.07) is 3.27. The van der Waals surface area contributed by atoms with Gasteiger partial charge in [-0.05, 0) is 6.42 Å². The van der Waals surface area contributed by atoms with E-state index in [1.54, 1.807) is 0 Å². The Balaban J connectivity index is 2.86. The highest BCUT2D eigenvalue weighted by Crippen LogP contribution is 2.31. The summed E-state index contributed by atoms with van der Waals surface area (Å²) < 4.78 is 5.25. The van der Waals surface area contributed by atoms with Gasteiger partial charge in [-0.2, -0.15) is 0 Å². The lowest BCUT2D eigenvalue weighted by atomic mass is 10.2. The molecule has 98 valence electrons. The van der Waals surface area contributed by atoms with Crippen molar-refractivity contribution in [3.63, 3.8) is 0 Å². The van der Waals surface area contributed by atoms with Gasteiger partial charge in [0.2, 0.25) is 5.75 Å². The minimum Gasteiger partial charge on any atom is -0.487 e. The van der Waals surface area contributed by atoms with Crippen molar-refractivity contribution in [1.82, 2.24) is 0 Å². The van der Waals surface area contributed by atoms with Crippen molar-refractivity contribution in [1.29, 1.82) is 0 Å². The molecule has 0 aliphatic rings. The van der Waals surface area contributed by atoms with Gasteiger partial charge >= 0.3 is 5.69 Å². The molecule has 0 amide bonds. The van der Waals surface area contributed by atoms with Gasteiger partial charge in [-0.3, -0.25) is 20.2 Å². The number of ether oxygens (including phenoxy) is 1. The zero-order valence-corrected chi connectivity index (χ0v) is 10.00. The predicted molar refractivity (Wildman–Crippen MR) is 64.8 cm³/mol. The van der Waals surface area contributed by atoms with Crippen LogP contribution in [0.2, 0.25) is 0 Å². The van der Waals surface area contributed by atoms with Crippen molar-refractivity contribution >= 4 is 11.4 Å². The monoisotopic (exact) mass is 254 g/mol. The van der Waals surface area contributed by atoms with Crippen LogP contribution in [-0.4, -0.2) is 16.5 Å². The van der Waals surface area contributed by atoms with E-state index in [1.165, 1.54) is 0 Å². The molecule has 0 N–H and O–H groups in total. The van der Waals surface area contributed by atoms with Gasteiger partial charge in [0.1, 0.15) is 0 Å². The van der Waals surface area contributed by atoms with Gasteiger partial charge in [0.25, 0.3) is 5.69 Å². The second kappa shape index (κ2) is 6.53. The van der Waals surface area contributed by atoms with Crippen LogP contribution in [-0.2, 0) is 0 Å². The summed E-state index contributed by atoms with van der Waals surface area (Å²) in [7, 11) is 0. The average molecular weight is 254 g/mol. The van der Waals surface area contributed by atoms with Gasteiger partial charge in [0, 0.05) is 12.1 Å². The molecule has 0 saturated heterocycles. The molecule has 0 spiro atoms. The number of nitrogens with zero attached hydrogens (tertiary/aromatic N) is 2. The Morgan fingerprint density at radius 1 is 1.17 bits per heavy atom. The third-order valence-electron chi connectivity index (χ3n) is 2.36. The summed E-state index contributed by atoms with van der Waals surface area (Å²) in [5.74, 6) is -0.0506. The van der Waals surface area contributed by atoms with Crippen LogP contribution >= 0.6 is 0 Å². The quantitative estimate of drug-likeness (QED) is 0.423. The predicted octanol–water partition coefficient (Wildman–Crippen LogP) is 3.07. The first-order chi connectivity index (χ1) is 8.56. The fourth-order valence-electron chi connectivity index (χ4n) is 1.42. The molecular formula is C11H14N2O5. The second-order valence-electron chi connectivity index (χ2n) is 3.72. The lowest BCUT2D eigenvalue weighted by Crippen LogP contribution is -2.01. The van der Waals surface area contributed by atoms with Gasteiger partial charge in [0.05, 0.1) is 22.5 Å². The van der Waals surface area contributed by atoms with Crippen LogP contribution < -0.4 is 4.74 Å². The number of hydrogen-bond donors (Lipinski definition) is 0. The Morgan fingerprint density at radius 3 is 2.44 bits per heavy atom. The smallest absolute Gasteiger partial charge is 0.311 e. The van der Waals surface area contributed by atoms with Crippen LogP contribution in [0.25, 0.3) is 0 Å². The second-order valence-corrected chi connectivity index (χ2v) is 3.72. The fraction of sp³-hybridized carbons (Fsp3) is 0.455. The zero-order valence-electron chi connectivity index (χ0n) is 10.00. The number of hydrogen-bond acceptors (Lipinski definition) is 5. The van der Waals surface area contributed by atoms with Crippen LogP contribution in [0, 0.1) is 20.2 Å². The number of unbranched alkanes of at least 4 members (excludes halogenated alkanes) is 2. The first kappa shape index (κ1) is 13.9. The first-order valence-electron chi connectivity index (χ1n) is 5.62. The minimum atomic E-state index is -0.612. The van der Waals surface area contributed by atoms with Gasteiger partial charge in [-0.15, -0.1) is 0 Å². The lowest BCUT2D eigenvalue weighted by molar-refractivity contribution is -0.389. The van der Waals surface area contributed by atoms with Gasteiger partial charge in [-0.25, -0.2) is 0 Å². The van der Waals surface area contributed by atoms with Crippen LogP contribution in [0.4, 0.5) is 11.4 Å². The third kappa shape index (κ3) is 3.69. The lowest BCUT2D eigenvalue weighted by Gasteiger charge is -2.06. The molecule has 0 aliphatic heterocycles. The molecule has 0 heterocycles. The summed E-state index contributed by atoms with van der Waals surface area (Å²) in [4.78, 5) is 20.1. The van der Waals surface area contributed by atoms with Crippen molar-refractivity contribution < 1.29 is 14.6 Å². The van der Waals surface area contributed by atoms with E-state index in [0.29, 0.717) is 6.61 Å². The zero-order chi connectivity index (χ0) is 13.5. The van der Waals surface area contributed by atoms with Crippen LogP contribution in [0.15, 0.2) is 18.2 Å². The maximum Gasteiger partial charge on any atom is 0.311 e. The van der Waals surface area contributed by atoms with E-state index in [9.17, 15) is 20.2 Å². The maximum atomic E-state index is 10.7. The highest BCUT2D eigenvalue weighted by Gasteiger charge is 2.19. The van der Waals surface area contributed by atoms with Crippen molar-refractivity contribution in [2.75, 3.05) is 6.61 Å². The van der Waals surface area contributed by atoms with E-state index in [4.69, 9.17) is 4.74 Å². The molecule has 0 atom stereocenters. The number of benzene rings is 1. The fourth-order valence-corrected chi connectivity index (χ4v) is 1.42. The van der Waals surface area contributed by atoms with Gasteiger partial charge < -0.3 is 4.74 Å². The van der Waals surface area contributed by atoms with Gasteiger partial charge in [-0.1, -0.05) is 19.8 Å². The molecule has 0 aromatic heterocycles. The molecule has 7 nitrogen and oxygen atoms in total. The minimum absolute atomic E-state index is 0.0506. The molecule has 18 heavy (non-hydrogen) atoms. The Kier molecular flexibility index (Phi) is 5.04. The summed E-state index contributed by atoms with van der Waals surface area (Å²) in [5, 5.41) is 21.3. The van der Waals surface area contributed by atoms with Crippen molar-refractivity contribution in [2.24, 2.45) is 0 Å². The largest absolute Gasteiger partial charge is 0.487 e. The summed E-state index contributed by atoms with van der Waals surface area (Å²) in [6.45, 7) is 2.34. The summed E-state index contributed by atoms with van der Waals surface area (Å²) in [6.07, 6.45) is 2.71. The third-order valence-corrected chi connectivity index (χ3v) is 2.36. The van der Waals surface area contributed by atoms with Crippen molar-refractivity contribution in [3.8, 4) is 5.75 Å². The van der Waals surface area contributed by atoms with E-state index in [1.807, 2.05) is 6.92 Å². The Hall–Kier alpha value is -2.18. The number of nitro benzene ring substituents is 2. The van der Waals surface area contributed by atoms with Crippen molar-refractivity contribution in [3.05, 3.63) is 38.4 Å². The highest BCUT2D eigenvalue weighted by atomic mass is 16.6. The molecule has 1 rings (SSSR count). The Morgan fingerprint density at radius 2 is 1.89 bits per heavy atom. The molecular weight excluding hydrogens is 240 g/mol. The standard InChI is InChI=1S/C11H14N2O5/c1-2-3-4-7-18-11-8-9(12(14)15)5-6-10(11)13(16)17/h5-6,8H,2-4,7H2,1H3. The first-order valence-corrected chi connectivity index (χ1v) is 5.62. The van der Waals surface area contributed by atoms with E-state index in [-0.39, 0.29) is 17.1 Å². The normalized spacial score (nSPS) is 10.1. The maximum absolute atomic E-state index is 10.7. The molecule has 0 aliphatic carbocycles. The molecule has 1 aromatic rings. The van der Waals surface area contributed by atoms with E-state index in [2.05, 4.69) is 0 Å². The van der Waals surface area contributed by atoms with E-state index < -0.39 is 9.85 Å². The average Bonchev–Trinajstić information content (AvgIpc) is 2.34. The topological polar surface area (TPSA) is 95.5 Å². The SMILES string of the molecule is CCCCCOc1cc([N+](=O)[O-])ccc1[N+](=O)[O-]. The van der Waals surface area contributed by atoms with Crippen LogP contribution in [0.5, 0.6) is 5.75 Å². The molecule has 0 bridgehead atoms. The summed E-state index contributed by atoms with van der Waals surface area (Å²) >= 11 is 0. The Bertz CT molecular complexity index is 447. The number of rotatable bonds is 7. The number of non-ortho nitro benzene ring substituents is 1. The van der Waals surface area contributed by atoms with E-state index >= 15 is 0 Å². The van der Waals surface area contributed by atoms with Crippen LogP contribution in [0.3, 0.4) is 0 Å². The van der Waals surface area contributed by atoms with E-state index in [0.717, 1.165) is 37.5 Å².